The van der Waals surface area contributed by atoms with Crippen molar-refractivity contribution in [3.8, 4) is 0 Å². The Morgan fingerprint density at radius 2 is 2.29 bits per heavy atom. The van der Waals surface area contributed by atoms with Crippen LogP contribution < -0.4 is 10.2 Å². The Kier molecular flexibility index (Phi) is 3.07. The average Bonchev–Trinajstić information content (AvgIpc) is 2.64. The van der Waals surface area contributed by atoms with Crippen LogP contribution in [0.1, 0.15) is 13.3 Å². The van der Waals surface area contributed by atoms with Gasteiger partial charge in [0.05, 0.1) is 12.1 Å². The Morgan fingerprint density at radius 3 is 2.88 bits per heavy atom. The molecular formula is C10H14N2O4S. The summed E-state index contributed by atoms with van der Waals surface area (Å²) in [5.41, 5.74) is -1.17. The van der Waals surface area contributed by atoms with Crippen LogP contribution >= 0.6 is 0 Å². The second-order valence-electron chi connectivity index (χ2n) is 4.34. The minimum absolute atomic E-state index is 0.270. The van der Waals surface area contributed by atoms with Crippen molar-refractivity contribution in [2.24, 2.45) is 0 Å². The summed E-state index contributed by atoms with van der Waals surface area (Å²) in [6.45, 7) is 2.59. The van der Waals surface area contributed by atoms with Crippen LogP contribution in [-0.4, -0.2) is 32.2 Å². The maximum atomic E-state index is 12.0. The molecule has 2 N–H and O–H groups in total. The number of pyridine rings is 1. The number of aromatic nitrogens is 1. The summed E-state index contributed by atoms with van der Waals surface area (Å²) >= 11 is 0. The van der Waals surface area contributed by atoms with Crippen molar-refractivity contribution in [3.63, 3.8) is 0 Å². The van der Waals surface area contributed by atoms with Gasteiger partial charge >= 0.3 is 0 Å². The van der Waals surface area contributed by atoms with Crippen LogP contribution in [0.5, 0.6) is 0 Å². The van der Waals surface area contributed by atoms with E-state index < -0.39 is 21.0 Å². The number of ether oxygens (including phenoxy) is 1. The largest absolute Gasteiger partial charge is 0.379 e. The van der Waals surface area contributed by atoms with E-state index in [4.69, 9.17) is 4.74 Å². The van der Waals surface area contributed by atoms with Gasteiger partial charge in [0.1, 0.15) is 4.90 Å². The lowest BCUT2D eigenvalue weighted by atomic mass is 10.0. The molecule has 2 rings (SSSR count). The van der Waals surface area contributed by atoms with E-state index in [1.807, 2.05) is 0 Å². The first-order chi connectivity index (χ1) is 7.93. The van der Waals surface area contributed by atoms with Gasteiger partial charge in [-0.1, -0.05) is 0 Å². The van der Waals surface area contributed by atoms with Crippen molar-refractivity contribution in [3.05, 3.63) is 28.7 Å². The van der Waals surface area contributed by atoms with Crippen molar-refractivity contribution >= 4 is 10.0 Å². The van der Waals surface area contributed by atoms with Crippen molar-refractivity contribution < 1.29 is 13.2 Å². The summed E-state index contributed by atoms with van der Waals surface area (Å²) in [6, 6.07) is 1.18. The number of H-pyrrole nitrogens is 1. The first kappa shape index (κ1) is 12.3. The molecule has 2 heterocycles. The third kappa shape index (κ3) is 2.56. The molecule has 7 heteroatoms. The lowest BCUT2D eigenvalue weighted by Gasteiger charge is -2.22. The Labute approximate surface area is 99.1 Å². The van der Waals surface area contributed by atoms with Crippen molar-refractivity contribution in [1.82, 2.24) is 9.71 Å². The Hall–Kier alpha value is -1.18. The van der Waals surface area contributed by atoms with E-state index in [2.05, 4.69) is 9.71 Å². The highest BCUT2D eigenvalue weighted by molar-refractivity contribution is 7.89. The Bertz CT molecular complexity index is 558. The van der Waals surface area contributed by atoms with E-state index in [1.54, 1.807) is 6.92 Å². The average molecular weight is 258 g/mol. The minimum Gasteiger partial charge on any atom is -0.379 e. The van der Waals surface area contributed by atoms with E-state index in [0.717, 1.165) is 0 Å². The zero-order valence-electron chi connectivity index (χ0n) is 9.39. The first-order valence-corrected chi connectivity index (χ1v) is 6.70. The van der Waals surface area contributed by atoms with Crippen LogP contribution in [0.4, 0.5) is 0 Å². The van der Waals surface area contributed by atoms with E-state index in [9.17, 15) is 13.2 Å². The molecule has 1 unspecified atom stereocenters. The van der Waals surface area contributed by atoms with Gasteiger partial charge in [0, 0.05) is 25.1 Å². The van der Waals surface area contributed by atoms with E-state index in [-0.39, 0.29) is 4.90 Å². The van der Waals surface area contributed by atoms with Crippen LogP contribution in [0.3, 0.4) is 0 Å². The highest BCUT2D eigenvalue weighted by atomic mass is 32.2. The van der Waals surface area contributed by atoms with Crippen LogP contribution in [-0.2, 0) is 14.8 Å². The molecule has 1 aromatic heterocycles. The lowest BCUT2D eigenvalue weighted by molar-refractivity contribution is 0.178. The number of hydrogen-bond acceptors (Lipinski definition) is 4. The summed E-state index contributed by atoms with van der Waals surface area (Å²) in [4.78, 5) is 13.8. The zero-order chi connectivity index (χ0) is 12.5. The first-order valence-electron chi connectivity index (χ1n) is 5.22. The molecule has 94 valence electrons. The van der Waals surface area contributed by atoms with Gasteiger partial charge < -0.3 is 9.72 Å². The fraction of sp³-hybridized carbons (Fsp3) is 0.500. The van der Waals surface area contributed by atoms with Gasteiger partial charge in [0.25, 0.3) is 0 Å². The fourth-order valence-electron chi connectivity index (χ4n) is 1.74. The van der Waals surface area contributed by atoms with Gasteiger partial charge in [-0.15, -0.1) is 0 Å². The highest BCUT2D eigenvalue weighted by Gasteiger charge is 2.35. The molecule has 17 heavy (non-hydrogen) atoms. The van der Waals surface area contributed by atoms with Gasteiger partial charge in [-0.2, -0.15) is 0 Å². The number of aromatic amines is 1. The molecule has 0 radical (unpaired) electrons. The molecule has 0 saturated carbocycles. The molecule has 1 fully saturated rings. The van der Waals surface area contributed by atoms with Crippen molar-refractivity contribution in [1.29, 1.82) is 0 Å². The van der Waals surface area contributed by atoms with E-state index >= 15 is 0 Å². The smallest absolute Gasteiger partial charge is 0.246 e. The van der Waals surface area contributed by atoms with Crippen LogP contribution in [0.25, 0.3) is 0 Å². The maximum Gasteiger partial charge on any atom is 0.246 e. The summed E-state index contributed by atoms with van der Waals surface area (Å²) in [7, 11) is -3.81. The number of rotatable bonds is 3. The van der Waals surface area contributed by atoms with Crippen LogP contribution in [0.2, 0.25) is 0 Å². The molecule has 0 aromatic carbocycles. The normalized spacial score (nSPS) is 25.0. The summed E-state index contributed by atoms with van der Waals surface area (Å²) in [5.74, 6) is 0. The summed E-state index contributed by atoms with van der Waals surface area (Å²) in [6.07, 6.45) is 3.17. The fourth-order valence-corrected chi connectivity index (χ4v) is 3.21. The molecule has 1 atom stereocenters. The predicted octanol–water partition coefficient (Wildman–Crippen LogP) is -0.168. The standard InChI is InChI=1S/C10H14N2O4S/c1-10(3-5-16-7-10)12-17(14,15)9-6-11-4-2-8(9)13/h2,4,6,12H,3,5,7H2,1H3,(H,11,13). The van der Waals surface area contributed by atoms with E-state index in [1.165, 1.54) is 18.5 Å². The number of hydrogen-bond donors (Lipinski definition) is 2. The SMILES string of the molecule is CC1(NS(=O)(=O)c2c[nH]ccc2=O)CCOC1. The Morgan fingerprint density at radius 1 is 1.53 bits per heavy atom. The third-order valence-corrected chi connectivity index (χ3v) is 4.34. The molecule has 0 amide bonds. The topological polar surface area (TPSA) is 88.3 Å². The maximum absolute atomic E-state index is 12.0. The van der Waals surface area contributed by atoms with Gasteiger partial charge in [-0.3, -0.25) is 4.79 Å². The van der Waals surface area contributed by atoms with Gasteiger partial charge in [-0.25, -0.2) is 13.1 Å². The monoisotopic (exact) mass is 258 g/mol. The van der Waals surface area contributed by atoms with E-state index in [0.29, 0.717) is 19.6 Å². The molecule has 6 nitrogen and oxygen atoms in total. The number of sulfonamides is 1. The minimum atomic E-state index is -3.81. The van der Waals surface area contributed by atoms with Gasteiger partial charge in [0.2, 0.25) is 15.5 Å². The Balaban J connectivity index is 2.32. The van der Waals surface area contributed by atoms with Crippen LogP contribution in [0, 0.1) is 0 Å². The van der Waals surface area contributed by atoms with Gasteiger partial charge in [0.15, 0.2) is 0 Å². The van der Waals surface area contributed by atoms with Crippen molar-refractivity contribution in [2.45, 2.75) is 23.8 Å². The molecule has 1 aromatic rings. The van der Waals surface area contributed by atoms with Crippen LogP contribution in [0.15, 0.2) is 28.2 Å². The molecule has 0 bridgehead atoms. The molecule has 0 aliphatic carbocycles. The molecular weight excluding hydrogens is 244 g/mol. The molecule has 1 saturated heterocycles. The second-order valence-corrected chi connectivity index (χ2v) is 5.99. The highest BCUT2D eigenvalue weighted by Crippen LogP contribution is 2.19. The predicted molar refractivity (Wildman–Crippen MR) is 61.2 cm³/mol. The lowest BCUT2D eigenvalue weighted by Crippen LogP contribution is -2.47. The number of nitrogens with one attached hydrogen (secondary N) is 2. The molecule has 1 aliphatic heterocycles. The van der Waals surface area contributed by atoms with Crippen molar-refractivity contribution in [2.75, 3.05) is 13.2 Å². The molecule has 1 aliphatic rings. The second kappa shape index (κ2) is 4.25. The third-order valence-electron chi connectivity index (χ3n) is 2.68. The summed E-state index contributed by atoms with van der Waals surface area (Å²) in [5, 5.41) is 0. The molecule has 0 spiro atoms. The van der Waals surface area contributed by atoms with Gasteiger partial charge in [-0.05, 0) is 13.3 Å². The zero-order valence-corrected chi connectivity index (χ0v) is 10.2. The summed E-state index contributed by atoms with van der Waals surface area (Å²) < 4.78 is 31.7. The quantitative estimate of drug-likeness (QED) is 0.788.